The van der Waals surface area contributed by atoms with Crippen LogP contribution in [0.5, 0.6) is 0 Å². The van der Waals surface area contributed by atoms with Gasteiger partial charge in [-0.25, -0.2) is 4.79 Å². The molecule has 7 heteroatoms. The third-order valence-corrected chi connectivity index (χ3v) is 5.25. The molecular weight excluding hydrogens is 282 g/mol. The Hall–Kier alpha value is -1.63. The van der Waals surface area contributed by atoms with Crippen molar-refractivity contribution in [3.8, 4) is 0 Å². The molecule has 2 unspecified atom stereocenters. The van der Waals surface area contributed by atoms with Crippen LogP contribution in [0.4, 0.5) is 4.79 Å². The van der Waals surface area contributed by atoms with E-state index in [1.807, 2.05) is 4.80 Å². The van der Waals surface area contributed by atoms with Gasteiger partial charge in [-0.3, -0.25) is 0 Å². The summed E-state index contributed by atoms with van der Waals surface area (Å²) in [5.41, 5.74) is 0. The summed E-state index contributed by atoms with van der Waals surface area (Å²) in [6.45, 7) is 1.51. The standard InChI is InChI=1S/C15H23N5O2/c21-15(18-11-3-7-22-8-4-11)19-12-1-2-13(19)10-14(9-12)20-16-5-6-17-20/h5-6,11-14H,1-4,7-10H2,(H,18,21). The summed E-state index contributed by atoms with van der Waals surface area (Å²) in [7, 11) is 0. The number of fused-ring (bicyclic) bond motifs is 2. The Morgan fingerprint density at radius 1 is 1.00 bits per heavy atom. The highest BCUT2D eigenvalue weighted by molar-refractivity contribution is 5.75. The van der Waals surface area contributed by atoms with E-state index in [2.05, 4.69) is 20.4 Å². The Balaban J connectivity index is 1.40. The van der Waals surface area contributed by atoms with E-state index in [4.69, 9.17) is 4.74 Å². The van der Waals surface area contributed by atoms with Crippen molar-refractivity contribution in [1.29, 1.82) is 0 Å². The van der Waals surface area contributed by atoms with E-state index >= 15 is 0 Å². The van der Waals surface area contributed by atoms with Crippen molar-refractivity contribution in [3.63, 3.8) is 0 Å². The minimum absolute atomic E-state index is 0.117. The first-order valence-electron chi connectivity index (χ1n) is 8.33. The van der Waals surface area contributed by atoms with Crippen molar-refractivity contribution in [1.82, 2.24) is 25.2 Å². The maximum atomic E-state index is 12.7. The number of hydrogen-bond donors (Lipinski definition) is 1. The van der Waals surface area contributed by atoms with Gasteiger partial charge in [0.1, 0.15) is 0 Å². The van der Waals surface area contributed by atoms with Crippen LogP contribution in [-0.2, 0) is 4.74 Å². The van der Waals surface area contributed by atoms with E-state index in [1.54, 1.807) is 12.4 Å². The van der Waals surface area contributed by atoms with Crippen LogP contribution in [-0.4, -0.2) is 57.3 Å². The van der Waals surface area contributed by atoms with Crippen molar-refractivity contribution in [2.45, 2.75) is 62.7 Å². The summed E-state index contributed by atoms with van der Waals surface area (Å²) in [5.74, 6) is 0. The number of carbonyl (C=O) groups excluding carboxylic acids is 1. The van der Waals surface area contributed by atoms with Gasteiger partial charge >= 0.3 is 6.03 Å². The number of piperidine rings is 1. The molecule has 0 radical (unpaired) electrons. The van der Waals surface area contributed by atoms with Gasteiger partial charge in [0.15, 0.2) is 0 Å². The smallest absolute Gasteiger partial charge is 0.318 e. The average molecular weight is 305 g/mol. The topological polar surface area (TPSA) is 72.3 Å². The van der Waals surface area contributed by atoms with E-state index < -0.39 is 0 Å². The second kappa shape index (κ2) is 5.87. The number of rotatable bonds is 2. The highest BCUT2D eigenvalue weighted by Gasteiger charge is 2.44. The van der Waals surface area contributed by atoms with Gasteiger partial charge in [-0.05, 0) is 38.5 Å². The molecule has 3 saturated heterocycles. The molecule has 1 aromatic rings. The number of carbonyl (C=O) groups is 1. The predicted molar refractivity (Wildman–Crippen MR) is 79.3 cm³/mol. The van der Waals surface area contributed by atoms with Gasteiger partial charge in [-0.1, -0.05) is 0 Å². The molecule has 3 aliphatic rings. The number of amides is 2. The number of ether oxygens (including phenoxy) is 1. The Labute approximate surface area is 130 Å². The van der Waals surface area contributed by atoms with Gasteiger partial charge in [0, 0.05) is 31.3 Å². The Bertz CT molecular complexity index is 500. The van der Waals surface area contributed by atoms with E-state index in [-0.39, 0.29) is 12.1 Å². The Morgan fingerprint density at radius 2 is 1.64 bits per heavy atom. The Morgan fingerprint density at radius 3 is 2.27 bits per heavy atom. The zero-order valence-electron chi connectivity index (χ0n) is 12.7. The first-order chi connectivity index (χ1) is 10.8. The third-order valence-electron chi connectivity index (χ3n) is 5.25. The highest BCUT2D eigenvalue weighted by atomic mass is 16.5. The van der Waals surface area contributed by atoms with Crippen LogP contribution in [0.15, 0.2) is 12.4 Å². The van der Waals surface area contributed by atoms with Gasteiger partial charge in [-0.15, -0.1) is 0 Å². The highest BCUT2D eigenvalue weighted by Crippen LogP contribution is 2.40. The largest absolute Gasteiger partial charge is 0.381 e. The lowest BCUT2D eigenvalue weighted by atomic mass is 9.98. The first kappa shape index (κ1) is 14.0. The van der Waals surface area contributed by atoms with Gasteiger partial charge in [0.05, 0.1) is 18.4 Å². The fraction of sp³-hybridized carbons (Fsp3) is 0.800. The maximum absolute atomic E-state index is 12.7. The number of nitrogens with one attached hydrogen (secondary N) is 1. The summed E-state index contributed by atoms with van der Waals surface area (Å²) >= 11 is 0. The van der Waals surface area contributed by atoms with Crippen LogP contribution >= 0.6 is 0 Å². The summed E-state index contributed by atoms with van der Waals surface area (Å²) in [6.07, 6.45) is 9.44. The van der Waals surface area contributed by atoms with Crippen molar-refractivity contribution >= 4 is 6.03 Å². The molecule has 2 atom stereocenters. The minimum atomic E-state index is 0.117. The molecular formula is C15H23N5O2. The second-order valence-corrected chi connectivity index (χ2v) is 6.60. The first-order valence-corrected chi connectivity index (χ1v) is 8.33. The minimum Gasteiger partial charge on any atom is -0.381 e. The van der Waals surface area contributed by atoms with Crippen LogP contribution < -0.4 is 5.32 Å². The number of urea groups is 1. The molecule has 1 aromatic heterocycles. The fourth-order valence-corrected chi connectivity index (χ4v) is 4.17. The molecule has 0 spiro atoms. The average Bonchev–Trinajstić information content (AvgIpc) is 3.15. The molecule has 7 nitrogen and oxygen atoms in total. The maximum Gasteiger partial charge on any atom is 0.318 e. The summed E-state index contributed by atoms with van der Waals surface area (Å²) < 4.78 is 5.36. The Kier molecular flexibility index (Phi) is 3.73. The van der Waals surface area contributed by atoms with Crippen molar-refractivity contribution in [2.24, 2.45) is 0 Å². The van der Waals surface area contributed by atoms with Crippen molar-refractivity contribution in [3.05, 3.63) is 12.4 Å². The molecule has 120 valence electrons. The molecule has 1 N–H and O–H groups in total. The van der Waals surface area contributed by atoms with E-state index in [1.165, 1.54) is 0 Å². The molecule has 0 saturated carbocycles. The number of aromatic nitrogens is 3. The zero-order chi connectivity index (χ0) is 14.9. The summed E-state index contributed by atoms with van der Waals surface area (Å²) in [6, 6.07) is 1.38. The van der Waals surface area contributed by atoms with Crippen molar-refractivity contribution < 1.29 is 9.53 Å². The molecule has 2 bridgehead atoms. The van der Waals surface area contributed by atoms with E-state index in [0.29, 0.717) is 18.1 Å². The second-order valence-electron chi connectivity index (χ2n) is 6.60. The molecule has 3 fully saturated rings. The van der Waals surface area contributed by atoms with Crippen molar-refractivity contribution in [2.75, 3.05) is 13.2 Å². The van der Waals surface area contributed by atoms with Gasteiger partial charge < -0.3 is 15.0 Å². The molecule has 0 aliphatic carbocycles. The fourth-order valence-electron chi connectivity index (χ4n) is 4.17. The molecule has 3 aliphatic heterocycles. The zero-order valence-corrected chi connectivity index (χ0v) is 12.7. The SMILES string of the molecule is O=C(NC1CCOCC1)N1C2CCC1CC(n1nccn1)C2. The lowest BCUT2D eigenvalue weighted by molar-refractivity contribution is 0.0725. The van der Waals surface area contributed by atoms with Crippen LogP contribution in [0.1, 0.15) is 44.6 Å². The quantitative estimate of drug-likeness (QED) is 0.895. The lowest BCUT2D eigenvalue weighted by Gasteiger charge is -2.39. The number of nitrogens with zero attached hydrogens (tertiary/aromatic N) is 4. The molecule has 2 amide bonds. The van der Waals surface area contributed by atoms with E-state index in [9.17, 15) is 4.79 Å². The van der Waals surface area contributed by atoms with E-state index in [0.717, 1.165) is 51.7 Å². The summed E-state index contributed by atoms with van der Waals surface area (Å²) in [5, 5.41) is 11.8. The summed E-state index contributed by atoms with van der Waals surface area (Å²) in [4.78, 5) is 16.6. The molecule has 22 heavy (non-hydrogen) atoms. The van der Waals surface area contributed by atoms with Gasteiger partial charge in [0.2, 0.25) is 0 Å². The molecule has 0 aromatic carbocycles. The monoisotopic (exact) mass is 305 g/mol. The van der Waals surface area contributed by atoms with Crippen LogP contribution in [0.2, 0.25) is 0 Å². The molecule has 4 rings (SSSR count). The van der Waals surface area contributed by atoms with Gasteiger partial charge in [-0.2, -0.15) is 15.0 Å². The van der Waals surface area contributed by atoms with Crippen LogP contribution in [0, 0.1) is 0 Å². The van der Waals surface area contributed by atoms with Gasteiger partial charge in [0.25, 0.3) is 0 Å². The molecule has 4 heterocycles. The lowest BCUT2D eigenvalue weighted by Crippen LogP contribution is -2.54. The third kappa shape index (κ3) is 2.58. The van der Waals surface area contributed by atoms with Crippen LogP contribution in [0.3, 0.4) is 0 Å². The van der Waals surface area contributed by atoms with Crippen LogP contribution in [0.25, 0.3) is 0 Å². The normalized spacial score (nSPS) is 32.2. The number of hydrogen-bond acceptors (Lipinski definition) is 4. The predicted octanol–water partition coefficient (Wildman–Crippen LogP) is 1.33.